The van der Waals surface area contributed by atoms with Crippen molar-refractivity contribution >= 4 is 57.7 Å². The largest absolute Gasteiger partial charge is 0.487 e. The number of urea groups is 1. The number of aryl methyl sites for hydroxylation is 1. The third kappa shape index (κ3) is 5.07. The van der Waals surface area contributed by atoms with Gasteiger partial charge in [0.05, 0.1) is 15.6 Å². The van der Waals surface area contributed by atoms with Gasteiger partial charge in [-0.2, -0.15) is 0 Å². The van der Waals surface area contributed by atoms with Crippen LogP contribution in [0.4, 0.5) is 16.2 Å². The highest BCUT2D eigenvalue weighted by molar-refractivity contribution is 6.39. The van der Waals surface area contributed by atoms with Crippen molar-refractivity contribution in [3.63, 3.8) is 0 Å². The van der Waals surface area contributed by atoms with Crippen molar-refractivity contribution in [2.24, 2.45) is 0 Å². The topological polar surface area (TPSA) is 119 Å². The summed E-state index contributed by atoms with van der Waals surface area (Å²) in [4.78, 5) is 49.2. The van der Waals surface area contributed by atoms with Crippen LogP contribution in [-0.2, 0) is 16.2 Å². The van der Waals surface area contributed by atoms with Gasteiger partial charge in [-0.25, -0.2) is 9.69 Å². The zero-order valence-electron chi connectivity index (χ0n) is 20.5. The molecule has 1 heterocycles. The summed E-state index contributed by atoms with van der Waals surface area (Å²) in [5, 5.41) is 15.7. The molecule has 39 heavy (non-hydrogen) atoms. The van der Waals surface area contributed by atoms with Gasteiger partial charge in [-0.15, -0.1) is 0 Å². The number of halogens is 1. The lowest BCUT2D eigenvalue weighted by Gasteiger charge is -2.26. The number of non-ortho nitro benzene ring substituents is 1. The molecule has 4 amide bonds. The van der Waals surface area contributed by atoms with Crippen LogP contribution < -0.4 is 15.0 Å². The van der Waals surface area contributed by atoms with Crippen LogP contribution >= 0.6 is 11.6 Å². The predicted octanol–water partition coefficient (Wildman–Crippen LogP) is 5.96. The molecule has 0 bridgehead atoms. The van der Waals surface area contributed by atoms with E-state index in [-0.39, 0.29) is 28.6 Å². The van der Waals surface area contributed by atoms with Crippen LogP contribution in [0.3, 0.4) is 0 Å². The van der Waals surface area contributed by atoms with Crippen LogP contribution in [-0.4, -0.2) is 22.8 Å². The summed E-state index contributed by atoms with van der Waals surface area (Å²) in [6, 6.07) is 20.9. The van der Waals surface area contributed by atoms with Crippen molar-refractivity contribution in [2.45, 2.75) is 13.5 Å². The molecule has 4 aromatic carbocycles. The molecule has 1 aliphatic rings. The van der Waals surface area contributed by atoms with E-state index >= 15 is 0 Å². The second-order valence-corrected chi connectivity index (χ2v) is 9.20. The third-order valence-corrected chi connectivity index (χ3v) is 6.61. The molecular formula is C29H20ClN3O6. The van der Waals surface area contributed by atoms with Gasteiger partial charge in [-0.3, -0.25) is 25.0 Å². The summed E-state index contributed by atoms with van der Waals surface area (Å²) in [5.41, 5.74) is 1.84. The summed E-state index contributed by atoms with van der Waals surface area (Å²) < 4.78 is 6.01. The number of carbonyl (C=O) groups is 3. The number of hydrogen-bond donors (Lipinski definition) is 1. The van der Waals surface area contributed by atoms with Crippen molar-refractivity contribution < 1.29 is 24.0 Å². The van der Waals surface area contributed by atoms with Crippen molar-refractivity contribution in [3.8, 4) is 5.75 Å². The Bertz CT molecular complexity index is 1710. The lowest BCUT2D eigenvalue weighted by atomic mass is 10.0. The highest BCUT2D eigenvalue weighted by Crippen LogP contribution is 2.30. The first-order chi connectivity index (χ1) is 18.7. The number of anilines is 1. The predicted molar refractivity (Wildman–Crippen MR) is 147 cm³/mol. The maximum Gasteiger partial charge on any atom is 0.335 e. The Morgan fingerprint density at radius 1 is 1.00 bits per heavy atom. The number of ether oxygens (including phenoxy) is 1. The Hall–Kier alpha value is -5.02. The second-order valence-electron chi connectivity index (χ2n) is 8.80. The van der Waals surface area contributed by atoms with Gasteiger partial charge in [0, 0.05) is 17.7 Å². The Balaban J connectivity index is 1.39. The first kappa shape index (κ1) is 25.6. The quantitative estimate of drug-likeness (QED) is 0.139. The summed E-state index contributed by atoms with van der Waals surface area (Å²) in [6.45, 7) is 2.30. The van der Waals surface area contributed by atoms with Gasteiger partial charge in [-0.05, 0) is 53.1 Å². The first-order valence-electron chi connectivity index (χ1n) is 11.8. The van der Waals surface area contributed by atoms with E-state index in [1.54, 1.807) is 12.1 Å². The average Bonchev–Trinajstić information content (AvgIpc) is 2.91. The van der Waals surface area contributed by atoms with Crippen LogP contribution in [0.25, 0.3) is 16.8 Å². The van der Waals surface area contributed by atoms with E-state index in [4.69, 9.17) is 16.3 Å². The molecule has 9 nitrogen and oxygen atoms in total. The number of imide groups is 2. The van der Waals surface area contributed by atoms with Crippen LogP contribution in [0.1, 0.15) is 16.7 Å². The summed E-state index contributed by atoms with van der Waals surface area (Å²) >= 11 is 6.47. The molecule has 1 saturated heterocycles. The molecule has 0 saturated carbocycles. The van der Waals surface area contributed by atoms with Crippen molar-refractivity contribution in [3.05, 3.63) is 116 Å². The Morgan fingerprint density at radius 2 is 1.79 bits per heavy atom. The molecule has 0 aromatic heterocycles. The number of fused-ring (bicyclic) bond motifs is 1. The van der Waals surface area contributed by atoms with Crippen molar-refractivity contribution in [1.82, 2.24) is 5.32 Å². The normalized spacial score (nSPS) is 14.6. The van der Waals surface area contributed by atoms with E-state index in [2.05, 4.69) is 11.4 Å². The maximum absolute atomic E-state index is 13.1. The molecular weight excluding hydrogens is 522 g/mol. The zero-order chi connectivity index (χ0) is 27.7. The fourth-order valence-corrected chi connectivity index (χ4v) is 4.56. The lowest BCUT2D eigenvalue weighted by Crippen LogP contribution is -2.54. The van der Waals surface area contributed by atoms with Gasteiger partial charge >= 0.3 is 6.03 Å². The first-order valence-corrected chi connectivity index (χ1v) is 12.2. The summed E-state index contributed by atoms with van der Waals surface area (Å²) in [5.74, 6) is -1.40. The van der Waals surface area contributed by atoms with E-state index in [1.165, 1.54) is 30.3 Å². The highest BCUT2D eigenvalue weighted by atomic mass is 35.5. The average molecular weight is 542 g/mol. The van der Waals surface area contributed by atoms with Gasteiger partial charge in [0.1, 0.15) is 17.9 Å². The van der Waals surface area contributed by atoms with E-state index in [9.17, 15) is 24.5 Å². The number of barbiturate groups is 1. The van der Waals surface area contributed by atoms with E-state index < -0.39 is 22.8 Å². The third-order valence-electron chi connectivity index (χ3n) is 6.31. The fraction of sp³-hybridized carbons (Fsp3) is 0.0690. The lowest BCUT2D eigenvalue weighted by molar-refractivity contribution is -0.384. The molecule has 1 aliphatic heterocycles. The number of nitro benzene ring substituents is 1. The summed E-state index contributed by atoms with van der Waals surface area (Å²) in [6.07, 6.45) is 1.29. The highest BCUT2D eigenvalue weighted by Gasteiger charge is 2.37. The van der Waals surface area contributed by atoms with Gasteiger partial charge in [0.15, 0.2) is 0 Å². The minimum atomic E-state index is -1.01. The molecule has 0 unspecified atom stereocenters. The van der Waals surface area contributed by atoms with Crippen molar-refractivity contribution in [1.29, 1.82) is 0 Å². The number of benzene rings is 4. The van der Waals surface area contributed by atoms with Gasteiger partial charge in [0.2, 0.25) is 0 Å². The number of nitrogens with zero attached hydrogens (tertiary/aromatic N) is 2. The van der Waals surface area contributed by atoms with E-state index in [0.717, 1.165) is 28.0 Å². The Morgan fingerprint density at radius 3 is 2.56 bits per heavy atom. The van der Waals surface area contributed by atoms with Gasteiger partial charge < -0.3 is 4.74 Å². The molecule has 0 aliphatic carbocycles. The maximum atomic E-state index is 13.1. The Kier molecular flexibility index (Phi) is 6.83. The number of rotatable bonds is 6. The zero-order valence-corrected chi connectivity index (χ0v) is 21.3. The van der Waals surface area contributed by atoms with Crippen molar-refractivity contribution in [2.75, 3.05) is 4.90 Å². The number of carbonyl (C=O) groups excluding carboxylic acids is 3. The molecule has 5 rings (SSSR count). The van der Waals surface area contributed by atoms with Crippen LogP contribution in [0, 0.1) is 17.0 Å². The SMILES string of the molecule is Cc1ccc2ccccc2c1COc1ccc(/C=C2\C(=O)NC(=O)N(c3cccc([N+](=O)[O-])c3)C2=O)cc1Cl. The monoisotopic (exact) mass is 541 g/mol. The Labute approximate surface area is 227 Å². The van der Waals surface area contributed by atoms with Gasteiger partial charge in [-0.1, -0.05) is 60.1 Å². The molecule has 10 heteroatoms. The molecule has 4 aromatic rings. The van der Waals surface area contributed by atoms with E-state index in [1.807, 2.05) is 37.3 Å². The minimum Gasteiger partial charge on any atom is -0.487 e. The molecule has 0 atom stereocenters. The molecule has 0 spiro atoms. The number of nitrogens with one attached hydrogen (secondary N) is 1. The smallest absolute Gasteiger partial charge is 0.335 e. The number of nitro groups is 1. The molecule has 194 valence electrons. The number of amides is 4. The van der Waals surface area contributed by atoms with E-state index in [0.29, 0.717) is 16.2 Å². The van der Waals surface area contributed by atoms with Crippen LogP contribution in [0.5, 0.6) is 5.75 Å². The minimum absolute atomic E-state index is 0.0457. The van der Waals surface area contributed by atoms with Crippen LogP contribution in [0.15, 0.2) is 84.4 Å². The molecule has 1 fully saturated rings. The second kappa shape index (κ2) is 10.4. The summed E-state index contributed by atoms with van der Waals surface area (Å²) in [7, 11) is 0. The molecule has 0 radical (unpaired) electrons. The fourth-order valence-electron chi connectivity index (χ4n) is 4.31. The standard InChI is InChI=1S/C29H20ClN3O6/c1-17-9-11-19-5-2-3-8-22(19)24(17)16-39-26-12-10-18(14-25(26)30)13-23-27(34)31-29(36)32(28(23)35)20-6-4-7-21(15-20)33(37)38/h2-15H,16H2,1H3,(H,31,34,36)/b23-13+. The van der Waals surface area contributed by atoms with Crippen LogP contribution in [0.2, 0.25) is 5.02 Å². The molecule has 1 N–H and O–H groups in total. The number of hydrogen-bond acceptors (Lipinski definition) is 6. The van der Waals surface area contributed by atoms with Gasteiger partial charge in [0.25, 0.3) is 17.5 Å².